The van der Waals surface area contributed by atoms with E-state index in [0.29, 0.717) is 0 Å². The van der Waals surface area contributed by atoms with Crippen LogP contribution in [0.2, 0.25) is 0 Å². The minimum Gasteiger partial charge on any atom is -0.480 e. The summed E-state index contributed by atoms with van der Waals surface area (Å²) in [5.74, 6) is -1.19. The first-order valence-corrected chi connectivity index (χ1v) is 5.20. The Morgan fingerprint density at radius 3 is 2.33 bits per heavy atom. The van der Waals surface area contributed by atoms with E-state index in [0.717, 1.165) is 19.3 Å². The molecule has 1 rings (SSSR count). The third-order valence-electron chi connectivity index (χ3n) is 2.53. The summed E-state index contributed by atoms with van der Waals surface area (Å²) in [4.78, 5) is 22.0. The minimum absolute atomic E-state index is 0.0217. The van der Waals surface area contributed by atoms with Gasteiger partial charge in [-0.1, -0.05) is 13.8 Å². The van der Waals surface area contributed by atoms with Gasteiger partial charge in [-0.2, -0.15) is 0 Å². The van der Waals surface area contributed by atoms with Crippen LogP contribution in [-0.4, -0.2) is 29.3 Å². The lowest BCUT2D eigenvalue weighted by atomic mass is 9.96. The fourth-order valence-electron chi connectivity index (χ4n) is 1.31. The highest BCUT2D eigenvalue weighted by Crippen LogP contribution is 2.21. The Balaban J connectivity index is 2.36. The van der Waals surface area contributed by atoms with E-state index >= 15 is 0 Å². The van der Waals surface area contributed by atoms with Gasteiger partial charge in [-0.15, -0.1) is 0 Å². The van der Waals surface area contributed by atoms with Gasteiger partial charge >= 0.3 is 12.1 Å². The lowest BCUT2D eigenvalue weighted by molar-refractivity contribution is -0.140. The maximum atomic E-state index is 11.3. The molecule has 0 aromatic heterocycles. The summed E-state index contributed by atoms with van der Waals surface area (Å²) in [7, 11) is 0. The number of alkyl carbamates (subject to hydrolysis) is 1. The standard InChI is InChI=1S/C10H17NO4/c1-6(2)8(9(12)13)11-10(14)15-7-4-3-5-7/h6-8H,3-5H2,1-2H3,(H,11,14)(H,12,13)/t8-/m0/s1. The summed E-state index contributed by atoms with van der Waals surface area (Å²) in [6, 6.07) is -0.877. The molecule has 0 radical (unpaired) electrons. The van der Waals surface area contributed by atoms with Gasteiger partial charge in [0.2, 0.25) is 0 Å². The topological polar surface area (TPSA) is 75.6 Å². The Kier molecular flexibility index (Phi) is 3.94. The first kappa shape index (κ1) is 11.8. The van der Waals surface area contributed by atoms with Gasteiger partial charge < -0.3 is 15.2 Å². The number of aliphatic carboxylic acids is 1. The van der Waals surface area contributed by atoms with Crippen LogP contribution in [0.1, 0.15) is 33.1 Å². The quantitative estimate of drug-likeness (QED) is 0.742. The average Bonchev–Trinajstić information content (AvgIpc) is 2.06. The molecule has 15 heavy (non-hydrogen) atoms. The molecule has 1 aliphatic carbocycles. The predicted molar refractivity (Wildman–Crippen MR) is 53.5 cm³/mol. The van der Waals surface area contributed by atoms with Crippen molar-refractivity contribution in [1.82, 2.24) is 5.32 Å². The Morgan fingerprint density at radius 1 is 1.40 bits per heavy atom. The van der Waals surface area contributed by atoms with Gasteiger partial charge in [-0.25, -0.2) is 9.59 Å². The summed E-state index contributed by atoms with van der Waals surface area (Å²) in [5, 5.41) is 11.2. The second-order valence-electron chi connectivity index (χ2n) is 4.16. The molecule has 1 saturated carbocycles. The number of nitrogens with one attached hydrogen (secondary N) is 1. The fraction of sp³-hybridized carbons (Fsp3) is 0.800. The molecule has 0 spiro atoms. The van der Waals surface area contributed by atoms with Gasteiger partial charge in [0.05, 0.1) is 0 Å². The van der Waals surface area contributed by atoms with Gasteiger partial charge in [0, 0.05) is 0 Å². The number of carbonyl (C=O) groups is 2. The van der Waals surface area contributed by atoms with Crippen LogP contribution in [0.15, 0.2) is 0 Å². The molecule has 0 aromatic carbocycles. The molecule has 5 heteroatoms. The highest BCUT2D eigenvalue weighted by molar-refractivity contribution is 5.80. The van der Waals surface area contributed by atoms with E-state index in [1.54, 1.807) is 13.8 Å². The molecule has 0 unspecified atom stereocenters. The number of hydrogen-bond donors (Lipinski definition) is 2. The van der Waals surface area contributed by atoms with Crippen LogP contribution >= 0.6 is 0 Å². The molecule has 5 nitrogen and oxygen atoms in total. The number of amides is 1. The first-order chi connectivity index (χ1) is 7.00. The van der Waals surface area contributed by atoms with Crippen molar-refractivity contribution in [3.63, 3.8) is 0 Å². The van der Waals surface area contributed by atoms with E-state index in [1.165, 1.54) is 0 Å². The van der Waals surface area contributed by atoms with Gasteiger partial charge in [0.25, 0.3) is 0 Å². The lowest BCUT2D eigenvalue weighted by Gasteiger charge is -2.26. The first-order valence-electron chi connectivity index (χ1n) is 5.20. The Hall–Kier alpha value is -1.26. The van der Waals surface area contributed by atoms with Crippen LogP contribution in [0.3, 0.4) is 0 Å². The predicted octanol–water partition coefficient (Wildman–Crippen LogP) is 1.37. The molecule has 0 aromatic rings. The van der Waals surface area contributed by atoms with Crippen molar-refractivity contribution in [3.05, 3.63) is 0 Å². The van der Waals surface area contributed by atoms with E-state index in [4.69, 9.17) is 9.84 Å². The highest BCUT2D eigenvalue weighted by Gasteiger charge is 2.27. The van der Waals surface area contributed by atoms with E-state index < -0.39 is 18.1 Å². The lowest BCUT2D eigenvalue weighted by Crippen LogP contribution is -2.46. The van der Waals surface area contributed by atoms with Crippen molar-refractivity contribution < 1.29 is 19.4 Å². The third kappa shape index (κ3) is 3.42. The highest BCUT2D eigenvalue weighted by atomic mass is 16.6. The Bertz CT molecular complexity index is 248. The molecule has 1 fully saturated rings. The molecular formula is C10H17NO4. The molecule has 0 saturated heterocycles. The number of carboxylic acids is 1. The Morgan fingerprint density at radius 2 is 2.00 bits per heavy atom. The van der Waals surface area contributed by atoms with E-state index in [1.807, 2.05) is 0 Å². The molecular weight excluding hydrogens is 198 g/mol. The van der Waals surface area contributed by atoms with Gasteiger partial charge in [-0.05, 0) is 25.2 Å². The molecule has 86 valence electrons. The van der Waals surface area contributed by atoms with E-state index in [9.17, 15) is 9.59 Å². The van der Waals surface area contributed by atoms with Crippen molar-refractivity contribution in [2.45, 2.75) is 45.3 Å². The molecule has 2 N–H and O–H groups in total. The van der Waals surface area contributed by atoms with Crippen molar-refractivity contribution in [3.8, 4) is 0 Å². The number of hydrogen-bond acceptors (Lipinski definition) is 3. The van der Waals surface area contributed by atoms with Crippen molar-refractivity contribution in [1.29, 1.82) is 0 Å². The van der Waals surface area contributed by atoms with Crippen molar-refractivity contribution in [2.24, 2.45) is 5.92 Å². The minimum atomic E-state index is -1.03. The van der Waals surface area contributed by atoms with Gasteiger partial charge in [0.1, 0.15) is 12.1 Å². The molecule has 1 aliphatic rings. The van der Waals surface area contributed by atoms with E-state index in [2.05, 4.69) is 5.32 Å². The summed E-state index contributed by atoms with van der Waals surface area (Å²) < 4.78 is 5.00. The summed E-state index contributed by atoms with van der Waals surface area (Å²) in [6.45, 7) is 3.48. The van der Waals surface area contributed by atoms with Gasteiger partial charge in [-0.3, -0.25) is 0 Å². The van der Waals surface area contributed by atoms with Gasteiger partial charge in [0.15, 0.2) is 0 Å². The van der Waals surface area contributed by atoms with Crippen molar-refractivity contribution >= 4 is 12.1 Å². The fourth-order valence-corrected chi connectivity index (χ4v) is 1.31. The van der Waals surface area contributed by atoms with Crippen LogP contribution in [0.25, 0.3) is 0 Å². The van der Waals surface area contributed by atoms with Crippen LogP contribution in [0.4, 0.5) is 4.79 Å². The van der Waals surface area contributed by atoms with Crippen LogP contribution in [0, 0.1) is 5.92 Å². The van der Waals surface area contributed by atoms with Crippen LogP contribution in [-0.2, 0) is 9.53 Å². The zero-order chi connectivity index (χ0) is 11.4. The molecule has 0 bridgehead atoms. The monoisotopic (exact) mass is 215 g/mol. The normalized spacial score (nSPS) is 18.1. The molecule has 0 aliphatic heterocycles. The number of rotatable bonds is 4. The summed E-state index contributed by atoms with van der Waals surface area (Å²) in [5.41, 5.74) is 0. The van der Waals surface area contributed by atoms with Crippen molar-refractivity contribution in [2.75, 3.05) is 0 Å². The smallest absolute Gasteiger partial charge is 0.408 e. The number of carbonyl (C=O) groups excluding carboxylic acids is 1. The van der Waals surface area contributed by atoms with Crippen LogP contribution < -0.4 is 5.32 Å². The molecule has 1 amide bonds. The molecule has 1 atom stereocenters. The second-order valence-corrected chi connectivity index (χ2v) is 4.16. The summed E-state index contributed by atoms with van der Waals surface area (Å²) in [6.07, 6.45) is 2.19. The summed E-state index contributed by atoms with van der Waals surface area (Å²) >= 11 is 0. The zero-order valence-corrected chi connectivity index (χ0v) is 9.03. The largest absolute Gasteiger partial charge is 0.480 e. The maximum Gasteiger partial charge on any atom is 0.408 e. The van der Waals surface area contributed by atoms with E-state index in [-0.39, 0.29) is 12.0 Å². The number of ether oxygens (including phenoxy) is 1. The number of carboxylic acid groups (broad SMARTS) is 1. The Labute approximate surface area is 88.8 Å². The maximum absolute atomic E-state index is 11.3. The SMILES string of the molecule is CC(C)[C@H](NC(=O)OC1CCC1)C(=O)O. The average molecular weight is 215 g/mol. The van der Waals surface area contributed by atoms with Crippen LogP contribution in [0.5, 0.6) is 0 Å². The third-order valence-corrected chi connectivity index (χ3v) is 2.53. The second kappa shape index (κ2) is 5.00. The molecule has 0 heterocycles. The zero-order valence-electron chi connectivity index (χ0n) is 9.03.